The zero-order valence-electron chi connectivity index (χ0n) is 6.97. The third-order valence-corrected chi connectivity index (χ3v) is 5.37. The summed E-state index contributed by atoms with van der Waals surface area (Å²) >= 11 is 4.68. The van der Waals surface area contributed by atoms with Crippen LogP contribution in [-0.4, -0.2) is 17.8 Å². The number of thiol groups is 1. The van der Waals surface area contributed by atoms with Crippen LogP contribution >= 0.6 is 20.7 Å². The maximum atomic E-state index is 4.68. The van der Waals surface area contributed by atoms with Crippen LogP contribution < -0.4 is 0 Å². The summed E-state index contributed by atoms with van der Waals surface area (Å²) in [7, 11) is -0.531. The van der Waals surface area contributed by atoms with Crippen molar-refractivity contribution in [2.45, 2.75) is 37.4 Å². The molecule has 0 spiro atoms. The van der Waals surface area contributed by atoms with E-state index in [2.05, 4.69) is 24.2 Å². The Labute approximate surface area is 70.9 Å². The Hall–Kier alpha value is 0.700. The molecule has 0 heterocycles. The Morgan fingerprint density at radius 3 is 1.90 bits per heavy atom. The standard InChI is InChI=1S/C8H18S2/c1-10(2,9)8-6-4-3-5-7-8/h8-9H,3-7H2,1-2H3. The molecule has 0 N–H and O–H groups in total. The zero-order valence-corrected chi connectivity index (χ0v) is 8.68. The second-order valence-corrected chi connectivity index (χ2v) is 9.80. The monoisotopic (exact) mass is 178 g/mol. The highest BCUT2D eigenvalue weighted by Crippen LogP contribution is 2.54. The van der Waals surface area contributed by atoms with Crippen molar-refractivity contribution in [2.24, 2.45) is 0 Å². The molecule has 1 aliphatic carbocycles. The molecular weight excluding hydrogens is 160 g/mol. The minimum absolute atomic E-state index is 0.531. The molecule has 0 aromatic carbocycles. The fourth-order valence-electron chi connectivity index (χ4n) is 1.64. The molecule has 0 unspecified atom stereocenters. The van der Waals surface area contributed by atoms with Gasteiger partial charge in [0.25, 0.3) is 0 Å². The summed E-state index contributed by atoms with van der Waals surface area (Å²) in [6.45, 7) is 0. The van der Waals surface area contributed by atoms with Crippen molar-refractivity contribution in [2.75, 3.05) is 12.5 Å². The van der Waals surface area contributed by atoms with Gasteiger partial charge >= 0.3 is 0 Å². The first-order valence-corrected chi connectivity index (χ1v) is 7.62. The average Bonchev–Trinajstić information content (AvgIpc) is 1.88. The Bertz CT molecular complexity index is 98.3. The predicted molar refractivity (Wildman–Crippen MR) is 55.3 cm³/mol. The third kappa shape index (κ3) is 2.39. The van der Waals surface area contributed by atoms with E-state index in [0.29, 0.717) is 0 Å². The molecule has 0 radical (unpaired) electrons. The summed E-state index contributed by atoms with van der Waals surface area (Å²) in [6, 6.07) is 0. The van der Waals surface area contributed by atoms with Gasteiger partial charge in [0.1, 0.15) is 0 Å². The molecule has 1 fully saturated rings. The zero-order chi connectivity index (χ0) is 7.61. The van der Waals surface area contributed by atoms with Gasteiger partial charge in [-0.3, -0.25) is 0 Å². The molecule has 2 heteroatoms. The molecular formula is C8H18S2. The van der Waals surface area contributed by atoms with E-state index in [0.717, 1.165) is 5.25 Å². The first kappa shape index (κ1) is 8.79. The van der Waals surface area contributed by atoms with Gasteiger partial charge in [-0.05, 0) is 30.6 Å². The predicted octanol–water partition coefficient (Wildman–Crippen LogP) is 3.23. The molecule has 0 saturated heterocycles. The normalized spacial score (nSPS) is 24.7. The van der Waals surface area contributed by atoms with E-state index < -0.39 is 9.06 Å². The van der Waals surface area contributed by atoms with Gasteiger partial charge in [0, 0.05) is 0 Å². The Morgan fingerprint density at radius 2 is 1.60 bits per heavy atom. The third-order valence-electron chi connectivity index (χ3n) is 2.37. The largest absolute Gasteiger partial charge is 0.199 e. The molecule has 0 atom stereocenters. The van der Waals surface area contributed by atoms with Gasteiger partial charge in [-0.25, -0.2) is 0 Å². The summed E-state index contributed by atoms with van der Waals surface area (Å²) in [5.41, 5.74) is 0. The van der Waals surface area contributed by atoms with Crippen LogP contribution in [0.4, 0.5) is 0 Å². The lowest BCUT2D eigenvalue weighted by Gasteiger charge is -2.37. The SMILES string of the molecule is CS(C)(S)C1CCCCC1. The fourth-order valence-corrected chi connectivity index (χ4v) is 3.76. The molecule has 0 aromatic rings. The molecule has 0 amide bonds. The first-order chi connectivity index (χ1) is 4.61. The fraction of sp³-hybridized carbons (Fsp3) is 1.00. The van der Waals surface area contributed by atoms with Crippen molar-refractivity contribution in [1.82, 2.24) is 0 Å². The van der Waals surface area contributed by atoms with Crippen molar-refractivity contribution >= 4 is 20.7 Å². The van der Waals surface area contributed by atoms with Crippen LogP contribution in [0.5, 0.6) is 0 Å². The van der Waals surface area contributed by atoms with Gasteiger partial charge in [0.15, 0.2) is 0 Å². The van der Waals surface area contributed by atoms with Crippen LogP contribution in [0.1, 0.15) is 32.1 Å². The molecule has 1 saturated carbocycles. The lowest BCUT2D eigenvalue weighted by Crippen LogP contribution is -2.15. The number of rotatable bonds is 1. The van der Waals surface area contributed by atoms with Crippen molar-refractivity contribution < 1.29 is 0 Å². The van der Waals surface area contributed by atoms with Gasteiger partial charge < -0.3 is 0 Å². The lowest BCUT2D eigenvalue weighted by atomic mass is 10.0. The van der Waals surface area contributed by atoms with Gasteiger partial charge in [0.2, 0.25) is 0 Å². The Morgan fingerprint density at radius 1 is 1.10 bits per heavy atom. The van der Waals surface area contributed by atoms with Crippen LogP contribution in [0.15, 0.2) is 0 Å². The van der Waals surface area contributed by atoms with Gasteiger partial charge in [0.05, 0.1) is 0 Å². The summed E-state index contributed by atoms with van der Waals surface area (Å²) in [5, 5.41) is 0.949. The van der Waals surface area contributed by atoms with E-state index in [9.17, 15) is 0 Å². The number of hydrogen-bond acceptors (Lipinski definition) is 1. The molecule has 1 rings (SSSR count). The minimum Gasteiger partial charge on any atom is -0.199 e. The van der Waals surface area contributed by atoms with E-state index in [-0.39, 0.29) is 0 Å². The van der Waals surface area contributed by atoms with Crippen molar-refractivity contribution in [3.05, 3.63) is 0 Å². The van der Waals surface area contributed by atoms with E-state index in [1.54, 1.807) is 0 Å². The average molecular weight is 178 g/mol. The second kappa shape index (κ2) is 3.40. The van der Waals surface area contributed by atoms with Gasteiger partial charge in [-0.15, -0.1) is 11.7 Å². The van der Waals surface area contributed by atoms with Crippen molar-refractivity contribution in [3.63, 3.8) is 0 Å². The molecule has 0 bridgehead atoms. The Kier molecular flexibility index (Phi) is 2.99. The smallest absolute Gasteiger partial charge is 0.00340 e. The van der Waals surface area contributed by atoms with Crippen LogP contribution in [0.25, 0.3) is 0 Å². The van der Waals surface area contributed by atoms with Crippen LogP contribution in [0, 0.1) is 0 Å². The van der Waals surface area contributed by atoms with Crippen LogP contribution in [0.2, 0.25) is 0 Å². The van der Waals surface area contributed by atoms with Gasteiger partial charge in [-0.2, -0.15) is 9.06 Å². The van der Waals surface area contributed by atoms with Crippen molar-refractivity contribution in [1.29, 1.82) is 0 Å². The van der Waals surface area contributed by atoms with Crippen molar-refractivity contribution in [3.8, 4) is 0 Å². The highest BCUT2D eigenvalue weighted by molar-refractivity contribution is 8.87. The Balaban J connectivity index is 2.39. The minimum atomic E-state index is -0.531. The molecule has 0 aliphatic heterocycles. The first-order valence-electron chi connectivity index (χ1n) is 4.05. The summed E-state index contributed by atoms with van der Waals surface area (Å²) in [4.78, 5) is 0. The lowest BCUT2D eigenvalue weighted by molar-refractivity contribution is 0.514. The van der Waals surface area contributed by atoms with E-state index in [4.69, 9.17) is 0 Å². The molecule has 62 valence electrons. The highest BCUT2D eigenvalue weighted by atomic mass is 33.1. The van der Waals surface area contributed by atoms with E-state index >= 15 is 0 Å². The molecule has 1 aliphatic rings. The van der Waals surface area contributed by atoms with Gasteiger partial charge in [-0.1, -0.05) is 19.3 Å². The quantitative estimate of drug-likeness (QED) is 0.462. The molecule has 0 aromatic heterocycles. The molecule has 0 nitrogen and oxygen atoms in total. The molecule has 10 heavy (non-hydrogen) atoms. The maximum absolute atomic E-state index is 4.68. The second-order valence-electron chi connectivity index (χ2n) is 3.61. The van der Waals surface area contributed by atoms with Crippen LogP contribution in [0.3, 0.4) is 0 Å². The highest BCUT2D eigenvalue weighted by Gasteiger charge is 2.22. The summed E-state index contributed by atoms with van der Waals surface area (Å²) in [6.07, 6.45) is 11.9. The maximum Gasteiger partial charge on any atom is -0.00340 e. The summed E-state index contributed by atoms with van der Waals surface area (Å²) in [5.74, 6) is 0. The van der Waals surface area contributed by atoms with E-state index in [1.165, 1.54) is 32.1 Å². The topological polar surface area (TPSA) is 0 Å². The van der Waals surface area contributed by atoms with Crippen LogP contribution in [-0.2, 0) is 0 Å². The number of hydrogen-bond donors (Lipinski definition) is 1. The van der Waals surface area contributed by atoms with E-state index in [1.807, 2.05) is 0 Å². The summed E-state index contributed by atoms with van der Waals surface area (Å²) < 4.78 is 0.